The second kappa shape index (κ2) is 1.93. The molecule has 2 fully saturated rings. The zero-order valence-electron chi connectivity index (χ0n) is 4.54. The molecule has 0 amide bonds. The molecule has 0 N–H and O–H groups in total. The van der Waals surface area contributed by atoms with Gasteiger partial charge in [-0.3, -0.25) is 0 Å². The molecule has 0 aromatic heterocycles. The molecule has 43 valence electrons. The van der Waals surface area contributed by atoms with E-state index in [0.29, 0.717) is 6.04 Å². The summed E-state index contributed by atoms with van der Waals surface area (Å²) < 4.78 is 5.10. The maximum absolute atomic E-state index is 5.10. The van der Waals surface area contributed by atoms with Crippen molar-refractivity contribution in [1.29, 1.82) is 0 Å². The summed E-state index contributed by atoms with van der Waals surface area (Å²) in [5.41, 5.74) is 0. The standard InChI is InChI=1S/C4H7BNOS/c1-4-2-8-3-6(4)5-7-1/h4H,1-3H2/t4-/m1/s1. The highest BCUT2D eigenvalue weighted by atomic mass is 32.2. The Morgan fingerprint density at radius 1 is 1.75 bits per heavy atom. The molecule has 0 aromatic carbocycles. The van der Waals surface area contributed by atoms with Crippen LogP contribution in [0.15, 0.2) is 0 Å². The van der Waals surface area contributed by atoms with Crippen molar-refractivity contribution >= 4 is 19.4 Å². The molecule has 2 rings (SSSR count). The van der Waals surface area contributed by atoms with Gasteiger partial charge in [-0.2, -0.15) is 0 Å². The fraction of sp³-hybridized carbons (Fsp3) is 1.00. The smallest absolute Gasteiger partial charge is 0.399 e. The first-order valence-corrected chi connectivity index (χ1v) is 3.91. The summed E-state index contributed by atoms with van der Waals surface area (Å²) in [5, 5.41) is 0. The number of hydrogen-bond acceptors (Lipinski definition) is 3. The van der Waals surface area contributed by atoms with Gasteiger partial charge < -0.3 is 9.47 Å². The van der Waals surface area contributed by atoms with E-state index >= 15 is 0 Å². The van der Waals surface area contributed by atoms with Crippen molar-refractivity contribution in [2.24, 2.45) is 0 Å². The van der Waals surface area contributed by atoms with Crippen LogP contribution in [0.2, 0.25) is 0 Å². The van der Waals surface area contributed by atoms with Crippen LogP contribution < -0.4 is 0 Å². The Morgan fingerprint density at radius 3 is 3.62 bits per heavy atom. The van der Waals surface area contributed by atoms with E-state index in [1.54, 1.807) is 0 Å². The van der Waals surface area contributed by atoms with Gasteiger partial charge in [0, 0.05) is 24.3 Å². The van der Waals surface area contributed by atoms with Crippen LogP contribution in [0.3, 0.4) is 0 Å². The van der Waals surface area contributed by atoms with Crippen LogP contribution in [-0.2, 0) is 4.65 Å². The van der Waals surface area contributed by atoms with Gasteiger partial charge in [-0.05, 0) is 0 Å². The van der Waals surface area contributed by atoms with Crippen LogP contribution in [0.5, 0.6) is 0 Å². The Labute approximate surface area is 53.9 Å². The largest absolute Gasteiger partial charge is 0.422 e. The van der Waals surface area contributed by atoms with Gasteiger partial charge in [0.15, 0.2) is 0 Å². The van der Waals surface area contributed by atoms with Crippen LogP contribution in [0, 0.1) is 0 Å². The fourth-order valence-electron chi connectivity index (χ4n) is 1.01. The molecule has 0 aromatic rings. The Bertz CT molecular complexity index is 82.0. The lowest BCUT2D eigenvalue weighted by Gasteiger charge is -2.06. The number of nitrogens with zero attached hydrogens (tertiary/aromatic N) is 1. The second-order valence-electron chi connectivity index (χ2n) is 2.11. The minimum Gasteiger partial charge on any atom is -0.422 e. The van der Waals surface area contributed by atoms with Gasteiger partial charge in [0.05, 0.1) is 0 Å². The van der Waals surface area contributed by atoms with Crippen molar-refractivity contribution in [3.63, 3.8) is 0 Å². The molecular formula is C4H7BNOS. The van der Waals surface area contributed by atoms with Crippen molar-refractivity contribution in [2.75, 3.05) is 18.2 Å². The van der Waals surface area contributed by atoms with Crippen molar-refractivity contribution < 1.29 is 4.65 Å². The second-order valence-corrected chi connectivity index (χ2v) is 3.11. The molecule has 8 heavy (non-hydrogen) atoms. The Morgan fingerprint density at radius 2 is 2.75 bits per heavy atom. The van der Waals surface area contributed by atoms with Crippen molar-refractivity contribution in [1.82, 2.24) is 4.81 Å². The molecule has 2 saturated heterocycles. The number of hydrogen-bond donors (Lipinski definition) is 0. The molecule has 0 unspecified atom stereocenters. The monoisotopic (exact) mass is 128 g/mol. The van der Waals surface area contributed by atoms with Crippen LogP contribution in [-0.4, -0.2) is 36.7 Å². The normalized spacial score (nSPS) is 37.2. The highest BCUT2D eigenvalue weighted by molar-refractivity contribution is 7.99. The third-order valence-electron chi connectivity index (χ3n) is 1.52. The average Bonchev–Trinajstić information content (AvgIpc) is 2.15. The zero-order chi connectivity index (χ0) is 5.40. The quantitative estimate of drug-likeness (QED) is 0.423. The Hall–Kier alpha value is 0.335. The van der Waals surface area contributed by atoms with E-state index in [4.69, 9.17) is 4.65 Å². The molecule has 1 radical (unpaired) electrons. The lowest BCUT2D eigenvalue weighted by Crippen LogP contribution is -2.26. The number of thioether (sulfide) groups is 1. The van der Waals surface area contributed by atoms with Crippen LogP contribution in [0.25, 0.3) is 0 Å². The predicted octanol–water partition coefficient (Wildman–Crippen LogP) is -0.0743. The Kier molecular flexibility index (Phi) is 1.24. The molecule has 1 atom stereocenters. The molecule has 4 heteroatoms. The van der Waals surface area contributed by atoms with E-state index in [9.17, 15) is 0 Å². The number of rotatable bonds is 0. The van der Waals surface area contributed by atoms with Gasteiger partial charge in [0.1, 0.15) is 0 Å². The van der Waals surface area contributed by atoms with E-state index in [1.807, 2.05) is 19.4 Å². The third kappa shape index (κ3) is 0.676. The number of fused-ring (bicyclic) bond motifs is 1. The summed E-state index contributed by atoms with van der Waals surface area (Å²) in [5.74, 6) is 2.38. The zero-order valence-corrected chi connectivity index (χ0v) is 5.36. The third-order valence-corrected chi connectivity index (χ3v) is 2.62. The van der Waals surface area contributed by atoms with E-state index in [-0.39, 0.29) is 0 Å². The lowest BCUT2D eigenvalue weighted by molar-refractivity contribution is 0.346. The fourth-order valence-corrected chi connectivity index (χ4v) is 2.15. The highest BCUT2D eigenvalue weighted by Gasteiger charge is 2.31. The van der Waals surface area contributed by atoms with Crippen molar-refractivity contribution in [3.05, 3.63) is 0 Å². The average molecular weight is 128 g/mol. The summed E-state index contributed by atoms with van der Waals surface area (Å²) in [6, 6.07) is 0.694. The summed E-state index contributed by atoms with van der Waals surface area (Å²) in [7, 11) is 1.85. The van der Waals surface area contributed by atoms with Gasteiger partial charge >= 0.3 is 7.62 Å². The first-order chi connectivity index (χ1) is 3.97. The van der Waals surface area contributed by atoms with Crippen LogP contribution >= 0.6 is 11.8 Å². The summed E-state index contributed by atoms with van der Waals surface area (Å²) >= 11 is 1.98. The molecule has 2 aliphatic rings. The molecule has 0 aliphatic carbocycles. The van der Waals surface area contributed by atoms with Gasteiger partial charge in [-0.15, -0.1) is 11.8 Å². The molecule has 0 saturated carbocycles. The van der Waals surface area contributed by atoms with E-state index in [2.05, 4.69) is 4.81 Å². The van der Waals surface area contributed by atoms with Gasteiger partial charge in [-0.1, -0.05) is 0 Å². The van der Waals surface area contributed by atoms with Gasteiger partial charge in [0.2, 0.25) is 0 Å². The van der Waals surface area contributed by atoms with E-state index in [1.165, 1.54) is 5.75 Å². The molecule has 2 aliphatic heterocycles. The minimum absolute atomic E-state index is 0.694. The summed E-state index contributed by atoms with van der Waals surface area (Å²) in [4.78, 5) is 2.25. The maximum Gasteiger partial charge on any atom is 0.399 e. The summed E-state index contributed by atoms with van der Waals surface area (Å²) in [6.45, 7) is 0.910. The van der Waals surface area contributed by atoms with Gasteiger partial charge in [-0.25, -0.2) is 0 Å². The first-order valence-electron chi connectivity index (χ1n) is 2.75. The van der Waals surface area contributed by atoms with Gasteiger partial charge in [0.25, 0.3) is 0 Å². The topological polar surface area (TPSA) is 12.5 Å². The van der Waals surface area contributed by atoms with Crippen molar-refractivity contribution in [3.8, 4) is 0 Å². The Balaban J connectivity index is 2.04. The molecule has 2 heterocycles. The molecule has 0 spiro atoms. The molecule has 2 nitrogen and oxygen atoms in total. The van der Waals surface area contributed by atoms with Crippen molar-refractivity contribution in [2.45, 2.75) is 6.04 Å². The minimum atomic E-state index is 0.694. The van der Waals surface area contributed by atoms with Crippen LogP contribution in [0.1, 0.15) is 0 Å². The van der Waals surface area contributed by atoms with E-state index < -0.39 is 0 Å². The molecular weight excluding hydrogens is 121 g/mol. The first kappa shape index (κ1) is 5.15. The molecule has 0 bridgehead atoms. The summed E-state index contributed by atoms with van der Waals surface area (Å²) in [6.07, 6.45) is 0. The predicted molar refractivity (Wildman–Crippen MR) is 34.7 cm³/mol. The van der Waals surface area contributed by atoms with Crippen LogP contribution in [0.4, 0.5) is 0 Å². The lowest BCUT2D eigenvalue weighted by atomic mass is 10.2. The SMILES string of the molecule is [B]1OC[C@@H]2CSCN12. The highest BCUT2D eigenvalue weighted by Crippen LogP contribution is 2.22. The van der Waals surface area contributed by atoms with E-state index in [0.717, 1.165) is 12.5 Å². The maximum atomic E-state index is 5.10.